The van der Waals surface area contributed by atoms with Crippen molar-refractivity contribution in [3.05, 3.63) is 46.9 Å². The second kappa shape index (κ2) is 4.52. The van der Waals surface area contributed by atoms with E-state index in [1.165, 1.54) is 24.4 Å². The van der Waals surface area contributed by atoms with Crippen LogP contribution in [-0.2, 0) is 0 Å². The number of hydrogen-bond acceptors (Lipinski definition) is 3. The average Bonchev–Trinajstić information content (AvgIpc) is 2.28. The van der Waals surface area contributed by atoms with Gasteiger partial charge in [-0.05, 0) is 24.3 Å². The number of halogens is 3. The first-order valence-corrected chi connectivity index (χ1v) is 4.85. The van der Waals surface area contributed by atoms with Gasteiger partial charge >= 0.3 is 6.36 Å². The van der Waals surface area contributed by atoms with Crippen LogP contribution in [0.1, 0.15) is 0 Å². The Kier molecular flexibility index (Phi) is 3.05. The molecule has 2 aromatic rings. The Balaban J connectivity index is 2.25. The fourth-order valence-electron chi connectivity index (χ4n) is 1.33. The SMILES string of the molecule is O=c1ccnc(-c2ccc(OC(F)(F)F)cc2)[nH]1. The van der Waals surface area contributed by atoms with E-state index in [4.69, 9.17) is 0 Å². The average molecular weight is 256 g/mol. The number of rotatable bonds is 2. The fourth-order valence-corrected chi connectivity index (χ4v) is 1.33. The number of aromatic nitrogens is 2. The second-order valence-electron chi connectivity index (χ2n) is 3.35. The van der Waals surface area contributed by atoms with E-state index in [1.54, 1.807) is 0 Å². The number of nitrogens with one attached hydrogen (secondary N) is 1. The molecule has 0 fully saturated rings. The third-order valence-electron chi connectivity index (χ3n) is 2.03. The number of ether oxygens (including phenoxy) is 1. The maximum absolute atomic E-state index is 11.9. The zero-order valence-electron chi connectivity index (χ0n) is 8.86. The summed E-state index contributed by atoms with van der Waals surface area (Å²) >= 11 is 0. The van der Waals surface area contributed by atoms with E-state index in [9.17, 15) is 18.0 Å². The zero-order chi connectivity index (χ0) is 13.2. The van der Waals surface area contributed by atoms with E-state index < -0.39 is 6.36 Å². The molecule has 0 spiro atoms. The van der Waals surface area contributed by atoms with Gasteiger partial charge in [-0.2, -0.15) is 0 Å². The first-order valence-electron chi connectivity index (χ1n) is 4.85. The molecule has 0 unspecified atom stereocenters. The van der Waals surface area contributed by atoms with Crippen LogP contribution in [0, 0.1) is 0 Å². The van der Waals surface area contributed by atoms with Gasteiger partial charge in [-0.3, -0.25) is 4.79 Å². The molecule has 94 valence electrons. The van der Waals surface area contributed by atoms with Gasteiger partial charge in [0.1, 0.15) is 11.6 Å². The summed E-state index contributed by atoms with van der Waals surface area (Å²) < 4.78 is 39.5. The first kappa shape index (κ1) is 12.2. The third kappa shape index (κ3) is 3.09. The van der Waals surface area contributed by atoms with E-state index in [0.717, 1.165) is 12.1 Å². The van der Waals surface area contributed by atoms with Crippen LogP contribution in [0.15, 0.2) is 41.3 Å². The summed E-state index contributed by atoms with van der Waals surface area (Å²) in [5.41, 5.74) is 0.151. The molecule has 1 aromatic carbocycles. The van der Waals surface area contributed by atoms with Crippen molar-refractivity contribution in [3.63, 3.8) is 0 Å². The lowest BCUT2D eigenvalue weighted by atomic mass is 10.2. The number of hydrogen-bond donors (Lipinski definition) is 1. The molecule has 1 heterocycles. The number of alkyl halides is 3. The third-order valence-corrected chi connectivity index (χ3v) is 2.03. The quantitative estimate of drug-likeness (QED) is 0.897. The molecule has 0 aliphatic rings. The molecule has 0 amide bonds. The predicted octanol–water partition coefficient (Wildman–Crippen LogP) is 2.34. The van der Waals surface area contributed by atoms with Crippen molar-refractivity contribution in [1.82, 2.24) is 9.97 Å². The Morgan fingerprint density at radius 2 is 1.78 bits per heavy atom. The van der Waals surface area contributed by atoms with Gasteiger partial charge in [0.15, 0.2) is 0 Å². The maximum Gasteiger partial charge on any atom is 0.573 e. The summed E-state index contributed by atoms with van der Waals surface area (Å²) in [7, 11) is 0. The van der Waals surface area contributed by atoms with Crippen molar-refractivity contribution in [2.45, 2.75) is 6.36 Å². The highest BCUT2D eigenvalue weighted by Crippen LogP contribution is 2.24. The molecule has 0 atom stereocenters. The van der Waals surface area contributed by atoms with Crippen molar-refractivity contribution in [3.8, 4) is 17.1 Å². The second-order valence-corrected chi connectivity index (χ2v) is 3.35. The maximum atomic E-state index is 11.9. The zero-order valence-corrected chi connectivity index (χ0v) is 8.86. The van der Waals surface area contributed by atoms with Gasteiger partial charge in [0, 0.05) is 17.8 Å². The molecule has 0 saturated carbocycles. The molecule has 0 aliphatic carbocycles. The summed E-state index contributed by atoms with van der Waals surface area (Å²) in [6.07, 6.45) is -3.41. The normalized spacial score (nSPS) is 11.3. The summed E-state index contributed by atoms with van der Waals surface area (Å²) in [6, 6.07) is 6.29. The minimum Gasteiger partial charge on any atom is -0.406 e. The Labute approximate surface area is 99.1 Å². The van der Waals surface area contributed by atoms with Gasteiger partial charge in [0.2, 0.25) is 0 Å². The first-order chi connectivity index (χ1) is 8.44. The standard InChI is InChI=1S/C11H7F3N2O2/c12-11(13,14)18-8-3-1-7(2-4-8)10-15-6-5-9(17)16-10/h1-6H,(H,15,16,17). The summed E-state index contributed by atoms with van der Waals surface area (Å²) in [5.74, 6) is -0.0504. The Bertz CT molecular complexity index is 590. The van der Waals surface area contributed by atoms with Crippen LogP contribution >= 0.6 is 0 Å². The molecule has 0 aliphatic heterocycles. The van der Waals surface area contributed by atoms with Crippen LogP contribution in [0.2, 0.25) is 0 Å². The fraction of sp³-hybridized carbons (Fsp3) is 0.0909. The number of H-pyrrole nitrogens is 1. The van der Waals surface area contributed by atoms with Crippen LogP contribution in [-0.4, -0.2) is 16.3 Å². The van der Waals surface area contributed by atoms with Gasteiger partial charge in [0.25, 0.3) is 5.56 Å². The van der Waals surface area contributed by atoms with Gasteiger partial charge in [0.05, 0.1) is 0 Å². The molecule has 0 saturated heterocycles. The van der Waals surface area contributed by atoms with Gasteiger partial charge < -0.3 is 9.72 Å². The molecule has 1 aromatic heterocycles. The molecule has 4 nitrogen and oxygen atoms in total. The highest BCUT2D eigenvalue weighted by Gasteiger charge is 2.30. The number of benzene rings is 1. The van der Waals surface area contributed by atoms with Gasteiger partial charge in [-0.1, -0.05) is 0 Å². The van der Waals surface area contributed by atoms with Crippen LogP contribution in [0.3, 0.4) is 0 Å². The Hall–Kier alpha value is -2.31. The van der Waals surface area contributed by atoms with Crippen molar-refractivity contribution >= 4 is 0 Å². The van der Waals surface area contributed by atoms with E-state index in [0.29, 0.717) is 5.56 Å². The molecule has 0 bridgehead atoms. The van der Waals surface area contributed by atoms with Crippen molar-refractivity contribution < 1.29 is 17.9 Å². The minimum absolute atomic E-state index is 0.279. The lowest BCUT2D eigenvalue weighted by Crippen LogP contribution is -2.17. The van der Waals surface area contributed by atoms with Crippen LogP contribution in [0.5, 0.6) is 5.75 Å². The molecule has 1 N–H and O–H groups in total. The largest absolute Gasteiger partial charge is 0.573 e. The molecule has 18 heavy (non-hydrogen) atoms. The lowest BCUT2D eigenvalue weighted by molar-refractivity contribution is -0.274. The number of nitrogens with zero attached hydrogens (tertiary/aromatic N) is 1. The minimum atomic E-state index is -4.72. The highest BCUT2D eigenvalue weighted by molar-refractivity contribution is 5.55. The molecule has 7 heteroatoms. The topological polar surface area (TPSA) is 55.0 Å². The molecular formula is C11H7F3N2O2. The number of aromatic amines is 1. The van der Waals surface area contributed by atoms with Crippen molar-refractivity contribution in [2.24, 2.45) is 0 Å². The molecule has 0 radical (unpaired) electrons. The van der Waals surface area contributed by atoms with Gasteiger partial charge in [-0.15, -0.1) is 13.2 Å². The van der Waals surface area contributed by atoms with Crippen molar-refractivity contribution in [1.29, 1.82) is 0 Å². The summed E-state index contributed by atoms with van der Waals surface area (Å²) in [4.78, 5) is 17.4. The monoisotopic (exact) mass is 256 g/mol. The van der Waals surface area contributed by atoms with E-state index >= 15 is 0 Å². The van der Waals surface area contributed by atoms with Gasteiger partial charge in [-0.25, -0.2) is 4.98 Å². The van der Waals surface area contributed by atoms with Crippen molar-refractivity contribution in [2.75, 3.05) is 0 Å². The van der Waals surface area contributed by atoms with E-state index in [-0.39, 0.29) is 17.1 Å². The van der Waals surface area contributed by atoms with Crippen LogP contribution in [0.25, 0.3) is 11.4 Å². The lowest BCUT2D eigenvalue weighted by Gasteiger charge is -2.08. The molecular weight excluding hydrogens is 249 g/mol. The summed E-state index contributed by atoms with van der Waals surface area (Å²) in [5, 5.41) is 0. The predicted molar refractivity (Wildman–Crippen MR) is 57.0 cm³/mol. The highest BCUT2D eigenvalue weighted by atomic mass is 19.4. The Morgan fingerprint density at radius 3 is 2.33 bits per heavy atom. The van der Waals surface area contributed by atoms with E-state index in [1.807, 2.05) is 0 Å². The van der Waals surface area contributed by atoms with E-state index in [2.05, 4.69) is 14.7 Å². The smallest absolute Gasteiger partial charge is 0.406 e. The summed E-state index contributed by atoms with van der Waals surface area (Å²) in [6.45, 7) is 0. The van der Waals surface area contributed by atoms with Crippen LogP contribution in [0.4, 0.5) is 13.2 Å². The molecule has 2 rings (SSSR count). The van der Waals surface area contributed by atoms with Crippen LogP contribution < -0.4 is 10.3 Å². The Morgan fingerprint density at radius 1 is 1.11 bits per heavy atom.